The Balaban J connectivity index is 0.730. The monoisotopic (exact) mass is 857 g/mol. The van der Waals surface area contributed by atoms with Crippen LogP contribution in [0.15, 0.2) is 55.0 Å². The second-order valence-corrected chi connectivity index (χ2v) is 18.2. The van der Waals surface area contributed by atoms with Crippen LogP contribution in [-0.4, -0.2) is 152 Å². The quantitative estimate of drug-likeness (QED) is 0.236. The number of amides is 6. The molecule has 4 aromatic rings. The second kappa shape index (κ2) is 15.2. The van der Waals surface area contributed by atoms with Crippen molar-refractivity contribution in [2.24, 2.45) is 0 Å². The maximum absolute atomic E-state index is 16.2. The molecule has 7 aliphatic rings. The summed E-state index contributed by atoms with van der Waals surface area (Å²) < 4.78 is 17.8. The fourth-order valence-corrected chi connectivity index (χ4v) is 10.8. The van der Waals surface area contributed by atoms with Crippen LogP contribution >= 0.6 is 0 Å². The Labute approximate surface area is 362 Å². The summed E-state index contributed by atoms with van der Waals surface area (Å²) in [5.41, 5.74) is 3.36. The zero-order valence-corrected chi connectivity index (χ0v) is 34.8. The van der Waals surface area contributed by atoms with Crippen LogP contribution in [0.2, 0.25) is 0 Å². The van der Waals surface area contributed by atoms with Crippen LogP contribution in [0.4, 0.5) is 21.5 Å². The summed E-state index contributed by atoms with van der Waals surface area (Å²) in [6, 6.07) is 10.0. The zero-order chi connectivity index (χ0) is 43.1. The molecule has 2 aromatic heterocycles. The van der Waals surface area contributed by atoms with E-state index in [4.69, 9.17) is 0 Å². The standard InChI is InChI=1S/C45H48FN11O6/c46-45(25-54(26-45)30-3-4-31-33(20-30)44(63)57(43(31)62)36-5-6-38(58)50-41(36)60)24-51-15-7-29(8-16-51)55-23-27-19-35(49-40(59)34-22-48-56-14-1-11-47-39(34)56)37(21-32(27)42(55)61)53-17-9-28(10-18-53)52-12-2-13-52/h1,3-4,11,14,19-22,28-29,36H,2,5-10,12-13,15-18,23-26H2,(H,49,59)(H,50,58,60). The van der Waals surface area contributed by atoms with E-state index in [0.29, 0.717) is 66.7 Å². The van der Waals surface area contributed by atoms with Gasteiger partial charge in [0, 0.05) is 81.4 Å². The Morgan fingerprint density at radius 3 is 2.35 bits per heavy atom. The Hall–Kier alpha value is -6.27. The number of likely N-dealkylation sites (tertiary alicyclic amines) is 2. The molecule has 63 heavy (non-hydrogen) atoms. The summed E-state index contributed by atoms with van der Waals surface area (Å²) in [6.07, 6.45) is 9.70. The van der Waals surface area contributed by atoms with Gasteiger partial charge in [0.1, 0.15) is 11.6 Å². The Bertz CT molecular complexity index is 2590. The number of halogens is 1. The van der Waals surface area contributed by atoms with E-state index in [-0.39, 0.29) is 61.5 Å². The number of fused-ring (bicyclic) bond motifs is 3. The molecule has 0 spiro atoms. The number of imide groups is 2. The lowest BCUT2D eigenvalue weighted by Gasteiger charge is -2.49. The number of hydrogen-bond acceptors (Lipinski definition) is 12. The smallest absolute Gasteiger partial charge is 0.262 e. The summed E-state index contributed by atoms with van der Waals surface area (Å²) in [5, 5.41) is 9.68. The van der Waals surface area contributed by atoms with E-state index in [1.165, 1.54) is 12.6 Å². The Kier molecular flexibility index (Phi) is 9.56. The molecule has 1 atom stereocenters. The van der Waals surface area contributed by atoms with Gasteiger partial charge in [-0.15, -0.1) is 0 Å². The van der Waals surface area contributed by atoms with Gasteiger partial charge in [-0.2, -0.15) is 5.10 Å². The van der Waals surface area contributed by atoms with Crippen molar-refractivity contribution in [1.29, 1.82) is 0 Å². The molecule has 6 amide bonds. The second-order valence-electron chi connectivity index (χ2n) is 18.2. The highest BCUT2D eigenvalue weighted by molar-refractivity contribution is 6.23. The number of hydrogen-bond donors (Lipinski definition) is 2. The van der Waals surface area contributed by atoms with Gasteiger partial charge in [0.05, 0.1) is 41.8 Å². The highest BCUT2D eigenvalue weighted by Gasteiger charge is 2.48. The zero-order valence-electron chi connectivity index (χ0n) is 34.8. The number of aromatic nitrogens is 3. The van der Waals surface area contributed by atoms with Gasteiger partial charge in [-0.25, -0.2) is 13.9 Å². The van der Waals surface area contributed by atoms with Crippen LogP contribution in [0.5, 0.6) is 0 Å². The lowest BCUT2D eigenvalue weighted by Crippen LogP contribution is -2.64. The third kappa shape index (κ3) is 6.90. The van der Waals surface area contributed by atoms with Crippen molar-refractivity contribution in [1.82, 2.24) is 39.5 Å². The molecule has 5 saturated heterocycles. The average Bonchev–Trinajstić information content (AvgIpc) is 3.90. The van der Waals surface area contributed by atoms with Crippen molar-refractivity contribution in [2.75, 3.05) is 74.0 Å². The number of rotatable bonds is 9. The number of piperidine rings is 3. The van der Waals surface area contributed by atoms with Crippen molar-refractivity contribution in [2.45, 2.75) is 75.3 Å². The van der Waals surface area contributed by atoms with Crippen LogP contribution in [0.1, 0.15) is 91.9 Å². The molecule has 0 aliphatic carbocycles. The molecule has 1 unspecified atom stereocenters. The van der Waals surface area contributed by atoms with Crippen molar-refractivity contribution >= 4 is 58.2 Å². The lowest BCUT2D eigenvalue weighted by atomic mass is 9.92. The molecule has 2 aromatic carbocycles. The molecular weight excluding hydrogens is 810 g/mol. The number of carbonyl (C=O) groups is 6. The van der Waals surface area contributed by atoms with Crippen molar-refractivity contribution in [3.8, 4) is 0 Å². The number of carbonyl (C=O) groups excluding carboxylic acids is 6. The summed E-state index contributed by atoms with van der Waals surface area (Å²) in [4.78, 5) is 94.7. The number of anilines is 3. The average molecular weight is 858 g/mol. The molecule has 326 valence electrons. The molecule has 9 heterocycles. The normalized spacial score (nSPS) is 23.3. The van der Waals surface area contributed by atoms with E-state index in [1.807, 2.05) is 21.9 Å². The molecule has 7 aliphatic heterocycles. The van der Waals surface area contributed by atoms with Crippen LogP contribution in [0.3, 0.4) is 0 Å². The number of benzene rings is 2. The van der Waals surface area contributed by atoms with Crippen LogP contribution in [-0.2, 0) is 16.1 Å². The Morgan fingerprint density at radius 2 is 1.60 bits per heavy atom. The van der Waals surface area contributed by atoms with Crippen LogP contribution < -0.4 is 20.4 Å². The third-order valence-corrected chi connectivity index (χ3v) is 14.3. The first-order valence-electron chi connectivity index (χ1n) is 22.1. The largest absolute Gasteiger partial charge is 0.370 e. The highest BCUT2D eigenvalue weighted by atomic mass is 19.1. The van der Waals surface area contributed by atoms with Gasteiger partial charge in [-0.1, -0.05) is 0 Å². The summed E-state index contributed by atoms with van der Waals surface area (Å²) >= 11 is 0. The topological polar surface area (TPSA) is 176 Å². The number of alkyl halides is 1. The highest BCUT2D eigenvalue weighted by Crippen LogP contribution is 2.40. The van der Waals surface area contributed by atoms with Crippen molar-refractivity contribution in [3.63, 3.8) is 0 Å². The van der Waals surface area contributed by atoms with Crippen molar-refractivity contribution < 1.29 is 33.2 Å². The first-order valence-corrected chi connectivity index (χ1v) is 22.1. The van der Waals surface area contributed by atoms with E-state index in [1.54, 1.807) is 41.2 Å². The van der Waals surface area contributed by atoms with Gasteiger partial charge in [-0.05, 0) is 93.6 Å². The fraction of sp³-hybridized carbons (Fsp3) is 0.467. The minimum atomic E-state index is -1.48. The van der Waals surface area contributed by atoms with E-state index in [2.05, 4.69) is 35.4 Å². The molecule has 2 N–H and O–H groups in total. The molecule has 17 nitrogen and oxygen atoms in total. The van der Waals surface area contributed by atoms with Gasteiger partial charge in [-0.3, -0.25) is 43.9 Å². The Morgan fingerprint density at radius 1 is 0.841 bits per heavy atom. The predicted octanol–water partition coefficient (Wildman–Crippen LogP) is 2.71. The van der Waals surface area contributed by atoms with Gasteiger partial charge in [0.15, 0.2) is 11.3 Å². The predicted molar refractivity (Wildman–Crippen MR) is 227 cm³/mol. The number of nitrogens with zero attached hydrogens (tertiary/aromatic N) is 9. The maximum atomic E-state index is 16.2. The van der Waals surface area contributed by atoms with Gasteiger partial charge < -0.3 is 24.9 Å². The van der Waals surface area contributed by atoms with E-state index < -0.39 is 35.3 Å². The molecule has 18 heteroatoms. The van der Waals surface area contributed by atoms with Gasteiger partial charge in [0.25, 0.3) is 23.6 Å². The fourth-order valence-electron chi connectivity index (χ4n) is 10.8. The van der Waals surface area contributed by atoms with Gasteiger partial charge in [0.2, 0.25) is 11.8 Å². The molecular formula is C45H48FN11O6. The third-order valence-electron chi connectivity index (χ3n) is 14.3. The van der Waals surface area contributed by atoms with E-state index in [9.17, 15) is 28.8 Å². The maximum Gasteiger partial charge on any atom is 0.262 e. The molecule has 0 radical (unpaired) electrons. The first kappa shape index (κ1) is 39.6. The van der Waals surface area contributed by atoms with Crippen molar-refractivity contribution in [3.05, 3.63) is 82.8 Å². The minimum absolute atomic E-state index is 0.0142. The molecule has 0 bridgehead atoms. The summed E-state index contributed by atoms with van der Waals surface area (Å²) in [6.45, 7) is 6.12. The minimum Gasteiger partial charge on any atom is -0.370 e. The van der Waals surface area contributed by atoms with Crippen LogP contribution in [0.25, 0.3) is 5.65 Å². The number of nitrogens with one attached hydrogen (secondary N) is 2. The van der Waals surface area contributed by atoms with E-state index >= 15 is 4.39 Å². The van der Waals surface area contributed by atoms with Gasteiger partial charge >= 0.3 is 0 Å². The molecule has 0 saturated carbocycles. The summed E-state index contributed by atoms with van der Waals surface area (Å²) in [7, 11) is 0. The first-order chi connectivity index (χ1) is 30.5. The lowest BCUT2D eigenvalue weighted by molar-refractivity contribution is -0.136. The molecule has 11 rings (SSSR count). The summed E-state index contributed by atoms with van der Waals surface area (Å²) in [5.74, 6) is -2.60. The SMILES string of the molecule is O=C1CCC(N2C(=O)c3ccc(N4CC(F)(CN5CCC(N6Cc7cc(NC(=O)c8cnn9cccnc89)c(N8CCC(N9CCC9)CC8)cc7C6=O)CC5)C4)cc3C2=O)C(=O)N1. The van der Waals surface area contributed by atoms with Crippen LogP contribution in [0, 0.1) is 0 Å². The van der Waals surface area contributed by atoms with E-state index in [0.717, 1.165) is 55.2 Å². The molecule has 5 fully saturated rings.